The molecule has 0 amide bonds. The van der Waals surface area contributed by atoms with Gasteiger partial charge in [0.1, 0.15) is 5.75 Å². The Labute approximate surface area is 121 Å². The van der Waals surface area contributed by atoms with Crippen LogP contribution in [0, 0.1) is 13.8 Å². The predicted octanol–water partition coefficient (Wildman–Crippen LogP) is 4.08. The lowest BCUT2D eigenvalue weighted by atomic mass is 10.0. The van der Waals surface area contributed by atoms with Gasteiger partial charge >= 0.3 is 0 Å². The topological polar surface area (TPSA) is 12.5 Å². The van der Waals surface area contributed by atoms with E-state index in [1.54, 1.807) is 7.11 Å². The molecule has 3 heteroatoms. The molecule has 1 aromatic rings. The van der Waals surface area contributed by atoms with E-state index in [-0.39, 0.29) is 5.38 Å². The monoisotopic (exact) mass is 281 g/mol. The molecule has 19 heavy (non-hydrogen) atoms. The highest BCUT2D eigenvalue weighted by molar-refractivity contribution is 6.21. The summed E-state index contributed by atoms with van der Waals surface area (Å²) in [5, 5.41) is 0.00616. The Kier molecular flexibility index (Phi) is 5.12. The second kappa shape index (κ2) is 6.62. The summed E-state index contributed by atoms with van der Waals surface area (Å²) >= 11 is 6.65. The van der Waals surface area contributed by atoms with Crippen molar-refractivity contribution < 1.29 is 4.74 Å². The molecule has 1 heterocycles. The number of hydrogen-bond acceptors (Lipinski definition) is 2. The molecule has 1 saturated heterocycles. The van der Waals surface area contributed by atoms with Gasteiger partial charge in [-0.2, -0.15) is 0 Å². The third-order valence-electron chi connectivity index (χ3n) is 3.86. The number of piperidine rings is 1. The lowest BCUT2D eigenvalue weighted by Crippen LogP contribution is -2.32. The van der Waals surface area contributed by atoms with Crippen LogP contribution in [-0.4, -0.2) is 31.6 Å². The standard InChI is InChI=1S/C16H24ClNO/c1-12-9-13(2)16(19-3)14(10-12)15(17)11-18-7-5-4-6-8-18/h9-10,15H,4-8,11H2,1-3H3. The van der Waals surface area contributed by atoms with Gasteiger partial charge in [0.2, 0.25) is 0 Å². The van der Waals surface area contributed by atoms with E-state index in [1.807, 2.05) is 0 Å². The minimum atomic E-state index is 0.00616. The zero-order valence-electron chi connectivity index (χ0n) is 12.2. The molecule has 2 nitrogen and oxygen atoms in total. The van der Waals surface area contributed by atoms with Crippen molar-refractivity contribution in [1.29, 1.82) is 0 Å². The van der Waals surface area contributed by atoms with E-state index < -0.39 is 0 Å². The van der Waals surface area contributed by atoms with Gasteiger partial charge in [-0.25, -0.2) is 0 Å². The second-order valence-corrected chi connectivity index (χ2v) is 6.06. The van der Waals surface area contributed by atoms with E-state index in [2.05, 4.69) is 30.9 Å². The highest BCUT2D eigenvalue weighted by Crippen LogP contribution is 2.34. The summed E-state index contributed by atoms with van der Waals surface area (Å²) in [6.07, 6.45) is 3.96. The molecule has 1 fully saturated rings. The van der Waals surface area contributed by atoms with Crippen LogP contribution in [0.1, 0.15) is 41.3 Å². The van der Waals surface area contributed by atoms with Crippen LogP contribution in [0.4, 0.5) is 0 Å². The van der Waals surface area contributed by atoms with Crippen LogP contribution in [0.25, 0.3) is 0 Å². The third-order valence-corrected chi connectivity index (χ3v) is 4.23. The van der Waals surface area contributed by atoms with Crippen LogP contribution >= 0.6 is 11.6 Å². The van der Waals surface area contributed by atoms with Gasteiger partial charge in [-0.3, -0.25) is 0 Å². The zero-order valence-corrected chi connectivity index (χ0v) is 13.0. The molecule has 1 aromatic carbocycles. The number of hydrogen-bond donors (Lipinski definition) is 0. The lowest BCUT2D eigenvalue weighted by molar-refractivity contribution is 0.228. The lowest BCUT2D eigenvalue weighted by Gasteiger charge is -2.29. The summed E-state index contributed by atoms with van der Waals surface area (Å²) in [7, 11) is 1.73. The van der Waals surface area contributed by atoms with Crippen molar-refractivity contribution in [2.75, 3.05) is 26.7 Å². The molecule has 0 radical (unpaired) electrons. The fourth-order valence-corrected chi connectivity index (χ4v) is 3.32. The van der Waals surface area contributed by atoms with Gasteiger partial charge in [-0.05, 0) is 45.3 Å². The molecule has 1 unspecified atom stereocenters. The van der Waals surface area contributed by atoms with Crippen molar-refractivity contribution in [1.82, 2.24) is 4.90 Å². The van der Waals surface area contributed by atoms with Crippen molar-refractivity contribution in [3.63, 3.8) is 0 Å². The molecular weight excluding hydrogens is 258 g/mol. The molecule has 1 aliphatic rings. The summed E-state index contributed by atoms with van der Waals surface area (Å²) in [6, 6.07) is 4.31. The van der Waals surface area contributed by atoms with Crippen LogP contribution in [0.2, 0.25) is 0 Å². The molecule has 0 saturated carbocycles. The quantitative estimate of drug-likeness (QED) is 0.771. The third kappa shape index (κ3) is 3.64. The van der Waals surface area contributed by atoms with E-state index in [1.165, 1.54) is 43.5 Å². The zero-order chi connectivity index (χ0) is 13.8. The van der Waals surface area contributed by atoms with Crippen molar-refractivity contribution in [3.05, 3.63) is 28.8 Å². The van der Waals surface area contributed by atoms with E-state index in [0.29, 0.717) is 0 Å². The molecule has 0 spiro atoms. The Bertz CT molecular complexity index is 427. The van der Waals surface area contributed by atoms with Crippen LogP contribution in [0.15, 0.2) is 12.1 Å². The van der Waals surface area contributed by atoms with Crippen LogP contribution < -0.4 is 4.74 Å². The summed E-state index contributed by atoms with van der Waals surface area (Å²) < 4.78 is 5.54. The van der Waals surface area contributed by atoms with Gasteiger partial charge in [-0.15, -0.1) is 11.6 Å². The Morgan fingerprint density at radius 1 is 1.21 bits per heavy atom. The first-order valence-electron chi connectivity index (χ1n) is 7.13. The molecule has 1 atom stereocenters. The first-order chi connectivity index (χ1) is 9.11. The maximum absolute atomic E-state index is 6.65. The first-order valence-corrected chi connectivity index (χ1v) is 7.57. The summed E-state index contributed by atoms with van der Waals surface area (Å²) in [6.45, 7) is 7.47. The number of nitrogens with zero attached hydrogens (tertiary/aromatic N) is 1. The number of methoxy groups -OCH3 is 1. The maximum Gasteiger partial charge on any atom is 0.126 e. The average Bonchev–Trinajstić information content (AvgIpc) is 2.39. The molecule has 0 N–H and O–H groups in total. The van der Waals surface area contributed by atoms with Crippen LogP contribution in [0.3, 0.4) is 0 Å². The Morgan fingerprint density at radius 3 is 2.53 bits per heavy atom. The van der Waals surface area contributed by atoms with Crippen LogP contribution in [-0.2, 0) is 0 Å². The fraction of sp³-hybridized carbons (Fsp3) is 0.625. The minimum absolute atomic E-state index is 0.00616. The van der Waals surface area contributed by atoms with Crippen molar-refractivity contribution >= 4 is 11.6 Å². The number of aryl methyl sites for hydroxylation is 2. The van der Waals surface area contributed by atoms with E-state index in [9.17, 15) is 0 Å². The van der Waals surface area contributed by atoms with Crippen LogP contribution in [0.5, 0.6) is 5.75 Å². The predicted molar refractivity (Wildman–Crippen MR) is 81.4 cm³/mol. The summed E-state index contributed by atoms with van der Waals surface area (Å²) in [5.41, 5.74) is 3.55. The Hall–Kier alpha value is -0.730. The number of rotatable bonds is 4. The molecule has 106 valence electrons. The fourth-order valence-electron chi connectivity index (χ4n) is 2.97. The summed E-state index contributed by atoms with van der Waals surface area (Å²) in [5.74, 6) is 0.947. The van der Waals surface area contributed by atoms with E-state index in [0.717, 1.165) is 17.9 Å². The van der Waals surface area contributed by atoms with Gasteiger partial charge < -0.3 is 9.64 Å². The summed E-state index contributed by atoms with van der Waals surface area (Å²) in [4.78, 5) is 2.47. The van der Waals surface area contributed by atoms with Crippen molar-refractivity contribution in [2.45, 2.75) is 38.5 Å². The molecular formula is C16H24ClNO. The van der Waals surface area contributed by atoms with Gasteiger partial charge in [0.15, 0.2) is 0 Å². The first kappa shape index (κ1) is 14.7. The molecule has 1 aliphatic heterocycles. The van der Waals surface area contributed by atoms with Gasteiger partial charge in [0.05, 0.1) is 12.5 Å². The maximum atomic E-state index is 6.65. The van der Waals surface area contributed by atoms with Crippen molar-refractivity contribution in [3.8, 4) is 5.75 Å². The number of alkyl halides is 1. The van der Waals surface area contributed by atoms with E-state index >= 15 is 0 Å². The Morgan fingerprint density at radius 2 is 1.89 bits per heavy atom. The second-order valence-electron chi connectivity index (χ2n) is 5.53. The van der Waals surface area contributed by atoms with Gasteiger partial charge in [0.25, 0.3) is 0 Å². The number of halogens is 1. The highest BCUT2D eigenvalue weighted by atomic mass is 35.5. The number of ether oxygens (including phenoxy) is 1. The number of benzene rings is 1. The van der Waals surface area contributed by atoms with Crippen molar-refractivity contribution in [2.24, 2.45) is 0 Å². The number of likely N-dealkylation sites (tertiary alicyclic amines) is 1. The molecule has 0 bridgehead atoms. The Balaban J connectivity index is 2.15. The molecule has 0 aliphatic carbocycles. The minimum Gasteiger partial charge on any atom is -0.496 e. The smallest absolute Gasteiger partial charge is 0.126 e. The largest absolute Gasteiger partial charge is 0.496 e. The van der Waals surface area contributed by atoms with E-state index in [4.69, 9.17) is 16.3 Å². The highest BCUT2D eigenvalue weighted by Gasteiger charge is 2.20. The molecule has 2 rings (SSSR count). The average molecular weight is 282 g/mol. The normalized spacial score (nSPS) is 18.3. The SMILES string of the molecule is COc1c(C)cc(C)cc1C(Cl)CN1CCCCC1. The molecule has 0 aromatic heterocycles. The van der Waals surface area contributed by atoms with Gasteiger partial charge in [-0.1, -0.05) is 24.1 Å². The van der Waals surface area contributed by atoms with Gasteiger partial charge in [0, 0.05) is 12.1 Å².